The third-order valence-electron chi connectivity index (χ3n) is 7.31. The molecule has 7 rings (SSSR count). The highest BCUT2D eigenvalue weighted by molar-refractivity contribution is 5.93. The summed E-state index contributed by atoms with van der Waals surface area (Å²) in [6.07, 6.45) is 8.13. The zero-order valence-corrected chi connectivity index (χ0v) is 17.9. The Bertz CT molecular complexity index is 1430. The molecule has 7 nitrogen and oxygen atoms in total. The number of nitrogens with zero attached hydrogens (tertiary/aromatic N) is 5. The van der Waals surface area contributed by atoms with E-state index in [-0.39, 0.29) is 0 Å². The molecule has 0 radical (unpaired) electrons. The van der Waals surface area contributed by atoms with E-state index < -0.39 is 0 Å². The number of nitrogens with one attached hydrogen (secondary N) is 2. The Morgan fingerprint density at radius 1 is 1.00 bits per heavy atom. The van der Waals surface area contributed by atoms with Gasteiger partial charge in [0, 0.05) is 41.8 Å². The van der Waals surface area contributed by atoms with E-state index in [2.05, 4.69) is 60.7 Å². The molecule has 7 heteroatoms. The highest BCUT2D eigenvalue weighted by Crippen LogP contribution is 2.48. The number of hydrogen-bond donors (Lipinski definition) is 2. The van der Waals surface area contributed by atoms with Crippen LogP contribution < -0.4 is 0 Å². The van der Waals surface area contributed by atoms with Crippen molar-refractivity contribution in [3.63, 3.8) is 0 Å². The first kappa shape index (κ1) is 18.2. The topological polar surface area (TPSA) is 78.4 Å². The molecule has 1 aliphatic heterocycles. The van der Waals surface area contributed by atoms with Crippen molar-refractivity contribution in [3.8, 4) is 11.3 Å². The van der Waals surface area contributed by atoms with Crippen molar-refractivity contribution >= 4 is 21.8 Å². The van der Waals surface area contributed by atoms with Gasteiger partial charge >= 0.3 is 0 Å². The van der Waals surface area contributed by atoms with Crippen molar-refractivity contribution in [2.24, 2.45) is 5.41 Å². The molecule has 32 heavy (non-hydrogen) atoms. The third kappa shape index (κ3) is 2.96. The average Bonchev–Trinajstić information content (AvgIpc) is 3.47. The van der Waals surface area contributed by atoms with Crippen LogP contribution in [0.15, 0.2) is 54.9 Å². The molecule has 1 saturated carbocycles. The number of fused-ring (bicyclic) bond motifs is 2. The Morgan fingerprint density at radius 3 is 2.81 bits per heavy atom. The van der Waals surface area contributed by atoms with E-state index in [0.29, 0.717) is 12.0 Å². The lowest BCUT2D eigenvalue weighted by molar-refractivity contribution is -0.0649. The molecule has 2 N–H and O–H groups in total. The van der Waals surface area contributed by atoms with Crippen molar-refractivity contribution in [3.05, 3.63) is 66.1 Å². The smallest absolute Gasteiger partial charge is 0.113 e. The second-order valence-electron chi connectivity index (χ2n) is 9.65. The van der Waals surface area contributed by atoms with Crippen LogP contribution in [-0.2, 0) is 13.1 Å². The molecule has 0 bridgehead atoms. The summed E-state index contributed by atoms with van der Waals surface area (Å²) in [5.74, 6) is 0. The van der Waals surface area contributed by atoms with Gasteiger partial charge in [0.1, 0.15) is 5.69 Å². The van der Waals surface area contributed by atoms with Crippen LogP contribution in [0.4, 0.5) is 0 Å². The molecule has 5 aromatic rings. The first-order chi connectivity index (χ1) is 15.7. The van der Waals surface area contributed by atoms with Crippen LogP contribution >= 0.6 is 0 Å². The average molecular weight is 424 g/mol. The maximum absolute atomic E-state index is 4.41. The number of rotatable bonds is 5. The summed E-state index contributed by atoms with van der Waals surface area (Å²) >= 11 is 0. The molecule has 0 atom stereocenters. The molecule has 4 heterocycles. The zero-order valence-electron chi connectivity index (χ0n) is 17.9. The summed E-state index contributed by atoms with van der Waals surface area (Å²) < 4.78 is 1.90. The second kappa shape index (κ2) is 6.77. The number of hydrogen-bond acceptors (Lipinski definition) is 4. The first-order valence-electron chi connectivity index (χ1n) is 11.4. The first-order valence-corrected chi connectivity index (χ1v) is 11.4. The monoisotopic (exact) mass is 423 g/mol. The molecule has 0 unspecified atom stereocenters. The largest absolute Gasteiger partial charge is 0.357 e. The van der Waals surface area contributed by atoms with Gasteiger partial charge in [-0.1, -0.05) is 35.9 Å². The van der Waals surface area contributed by atoms with E-state index in [4.69, 9.17) is 0 Å². The lowest BCUT2D eigenvalue weighted by Crippen LogP contribution is -2.58. The standard InChI is InChI=1S/C25H25N7/c1-3-20(21-11-26-28-22(21)4-1)24-14-32(30-29-24)12-17-5-6-18-10-19(27-23(18)9-17)13-31-15-25(16-31)7-2-8-25/h1,3-6,9-11,14,27H,2,7-8,12-13,15-16H2,(H,26,28). The van der Waals surface area contributed by atoms with Crippen LogP contribution in [0.25, 0.3) is 33.1 Å². The lowest BCUT2D eigenvalue weighted by atomic mass is 9.63. The maximum Gasteiger partial charge on any atom is 0.113 e. The van der Waals surface area contributed by atoms with E-state index in [9.17, 15) is 0 Å². The van der Waals surface area contributed by atoms with Gasteiger partial charge in [-0.2, -0.15) is 5.10 Å². The number of aromatic amines is 2. The van der Waals surface area contributed by atoms with Gasteiger partial charge in [0.15, 0.2) is 0 Å². The Kier molecular flexibility index (Phi) is 3.84. The molecule has 160 valence electrons. The Balaban J connectivity index is 1.09. The van der Waals surface area contributed by atoms with Crippen molar-refractivity contribution in [1.82, 2.24) is 35.1 Å². The summed E-state index contributed by atoms with van der Waals surface area (Å²) in [4.78, 5) is 6.21. The number of likely N-dealkylation sites (tertiary alicyclic amines) is 1. The van der Waals surface area contributed by atoms with Crippen LogP contribution in [0.5, 0.6) is 0 Å². The van der Waals surface area contributed by atoms with E-state index in [1.54, 1.807) is 0 Å². The molecular weight excluding hydrogens is 398 g/mol. The summed E-state index contributed by atoms with van der Waals surface area (Å²) in [5, 5.41) is 18.3. The van der Waals surface area contributed by atoms with E-state index in [1.165, 1.54) is 54.5 Å². The molecule has 3 aromatic heterocycles. The number of H-pyrrole nitrogens is 2. The Hall–Kier alpha value is -3.45. The highest BCUT2D eigenvalue weighted by Gasteiger charge is 2.46. The van der Waals surface area contributed by atoms with Crippen LogP contribution in [0.3, 0.4) is 0 Å². The Labute approximate surface area is 185 Å². The van der Waals surface area contributed by atoms with Gasteiger partial charge in [0.05, 0.1) is 24.5 Å². The van der Waals surface area contributed by atoms with Crippen molar-refractivity contribution < 1.29 is 0 Å². The zero-order chi connectivity index (χ0) is 21.1. The van der Waals surface area contributed by atoms with Crippen molar-refractivity contribution in [1.29, 1.82) is 0 Å². The lowest BCUT2D eigenvalue weighted by Gasteiger charge is -2.56. The van der Waals surface area contributed by atoms with Gasteiger partial charge < -0.3 is 4.98 Å². The fourth-order valence-electron chi connectivity index (χ4n) is 5.54. The van der Waals surface area contributed by atoms with Crippen molar-refractivity contribution in [2.45, 2.75) is 32.4 Å². The molecule has 2 aliphatic rings. The van der Waals surface area contributed by atoms with Crippen LogP contribution in [-0.4, -0.2) is 48.2 Å². The minimum Gasteiger partial charge on any atom is -0.357 e. The van der Waals surface area contributed by atoms with Crippen LogP contribution in [0.1, 0.15) is 30.5 Å². The third-order valence-corrected chi connectivity index (χ3v) is 7.31. The van der Waals surface area contributed by atoms with E-state index in [0.717, 1.165) is 28.7 Å². The van der Waals surface area contributed by atoms with Gasteiger partial charge in [-0.05, 0) is 47.4 Å². The SMILES string of the molecule is c1cc(-c2cn(Cc3ccc4cc(CN5CC6(CCC6)C5)[nH]c4c3)nn2)c2cn[nH]c2c1. The molecule has 1 spiro atoms. The van der Waals surface area contributed by atoms with Gasteiger partial charge in [-0.15, -0.1) is 5.10 Å². The summed E-state index contributed by atoms with van der Waals surface area (Å²) in [5.41, 5.74) is 7.30. The quantitative estimate of drug-likeness (QED) is 0.441. The number of aromatic nitrogens is 6. The minimum absolute atomic E-state index is 0.680. The van der Waals surface area contributed by atoms with Crippen LogP contribution in [0.2, 0.25) is 0 Å². The summed E-state index contributed by atoms with van der Waals surface area (Å²) in [7, 11) is 0. The summed E-state index contributed by atoms with van der Waals surface area (Å²) in [6.45, 7) is 4.26. The van der Waals surface area contributed by atoms with E-state index in [1.807, 2.05) is 29.2 Å². The maximum atomic E-state index is 4.41. The minimum atomic E-state index is 0.680. The van der Waals surface area contributed by atoms with Gasteiger partial charge in [0.2, 0.25) is 0 Å². The van der Waals surface area contributed by atoms with Crippen LogP contribution in [0, 0.1) is 5.41 Å². The fourth-order valence-corrected chi connectivity index (χ4v) is 5.54. The predicted molar refractivity (Wildman–Crippen MR) is 124 cm³/mol. The molecular formula is C25H25N7. The van der Waals surface area contributed by atoms with Gasteiger partial charge in [-0.3, -0.25) is 10.00 Å². The molecule has 0 amide bonds. The van der Waals surface area contributed by atoms with Crippen molar-refractivity contribution in [2.75, 3.05) is 13.1 Å². The van der Waals surface area contributed by atoms with Gasteiger partial charge in [0.25, 0.3) is 0 Å². The van der Waals surface area contributed by atoms with E-state index >= 15 is 0 Å². The fraction of sp³-hybridized carbons (Fsp3) is 0.320. The normalized spacial score (nSPS) is 17.8. The van der Waals surface area contributed by atoms with Gasteiger partial charge in [-0.25, -0.2) is 4.68 Å². The Morgan fingerprint density at radius 2 is 1.94 bits per heavy atom. The second-order valence-corrected chi connectivity index (χ2v) is 9.65. The molecule has 2 aromatic carbocycles. The summed E-state index contributed by atoms with van der Waals surface area (Å²) in [6, 6.07) is 15.0. The molecule has 1 aliphatic carbocycles. The molecule has 2 fully saturated rings. The number of benzene rings is 2. The predicted octanol–water partition coefficient (Wildman–Crippen LogP) is 4.34. The molecule has 1 saturated heterocycles. The highest BCUT2D eigenvalue weighted by atomic mass is 15.4.